The highest BCUT2D eigenvalue weighted by Crippen LogP contribution is 2.28. The van der Waals surface area contributed by atoms with E-state index in [2.05, 4.69) is 19.9 Å². The normalized spacial score (nSPS) is 18.5. The van der Waals surface area contributed by atoms with Gasteiger partial charge in [0.1, 0.15) is 23.0 Å². The van der Waals surface area contributed by atoms with Crippen molar-refractivity contribution < 1.29 is 4.79 Å². The number of anilines is 2. The summed E-state index contributed by atoms with van der Waals surface area (Å²) in [5.41, 5.74) is 13.9. The fourth-order valence-corrected chi connectivity index (χ4v) is 2.45. The molecule has 0 aliphatic heterocycles. The highest BCUT2D eigenvalue weighted by atomic mass is 16.1. The molecule has 3 rings (SSSR count). The minimum absolute atomic E-state index is 0.0358. The first-order valence-corrected chi connectivity index (χ1v) is 7.24. The molecule has 4 N–H and O–H groups in total. The number of hydrogen-bond donors (Lipinski definition) is 2. The summed E-state index contributed by atoms with van der Waals surface area (Å²) in [7, 11) is 0. The molecule has 1 saturated carbocycles. The summed E-state index contributed by atoms with van der Waals surface area (Å²) in [5.74, 6) is 0.579. The van der Waals surface area contributed by atoms with Gasteiger partial charge < -0.3 is 11.5 Å². The summed E-state index contributed by atoms with van der Waals surface area (Å²) >= 11 is 0. The van der Waals surface area contributed by atoms with E-state index < -0.39 is 0 Å². The zero-order chi connectivity index (χ0) is 16.2. The van der Waals surface area contributed by atoms with Crippen molar-refractivity contribution in [2.45, 2.75) is 19.3 Å². The monoisotopic (exact) mass is 308 g/mol. The van der Waals surface area contributed by atoms with Gasteiger partial charge in [0.25, 0.3) is 0 Å². The largest absolute Gasteiger partial charge is 0.382 e. The predicted molar refractivity (Wildman–Crippen MR) is 87.7 cm³/mol. The van der Waals surface area contributed by atoms with E-state index in [0.717, 1.165) is 6.42 Å². The van der Waals surface area contributed by atoms with E-state index in [1.165, 1.54) is 12.4 Å². The number of nitrogen functional groups attached to an aromatic ring is 2. The molecule has 0 saturated heterocycles. The molecule has 2 heterocycles. The molecule has 7 nitrogen and oxygen atoms in total. The molecule has 0 aromatic carbocycles. The van der Waals surface area contributed by atoms with Gasteiger partial charge in [-0.25, -0.2) is 9.97 Å². The van der Waals surface area contributed by atoms with E-state index in [0.29, 0.717) is 47.0 Å². The molecule has 0 atom stereocenters. The summed E-state index contributed by atoms with van der Waals surface area (Å²) in [6, 6.07) is 0. The second-order valence-corrected chi connectivity index (χ2v) is 5.18. The smallest absolute Gasteiger partial charge is 0.185 e. The fourth-order valence-electron chi connectivity index (χ4n) is 2.45. The van der Waals surface area contributed by atoms with Crippen molar-refractivity contribution in [1.29, 1.82) is 0 Å². The van der Waals surface area contributed by atoms with Crippen LogP contribution in [0.15, 0.2) is 35.9 Å². The molecule has 23 heavy (non-hydrogen) atoms. The molecule has 2 aromatic rings. The summed E-state index contributed by atoms with van der Waals surface area (Å²) in [4.78, 5) is 28.9. The third-order valence-electron chi connectivity index (χ3n) is 3.61. The van der Waals surface area contributed by atoms with Crippen LogP contribution >= 0.6 is 0 Å². The van der Waals surface area contributed by atoms with Crippen molar-refractivity contribution in [3.63, 3.8) is 0 Å². The van der Waals surface area contributed by atoms with Gasteiger partial charge in [0, 0.05) is 35.9 Å². The molecule has 116 valence electrons. The Kier molecular flexibility index (Phi) is 4.09. The Morgan fingerprint density at radius 3 is 1.65 bits per heavy atom. The number of rotatable bonds is 2. The lowest BCUT2D eigenvalue weighted by atomic mass is 9.87. The first-order valence-electron chi connectivity index (χ1n) is 7.24. The summed E-state index contributed by atoms with van der Waals surface area (Å²) < 4.78 is 0. The van der Waals surface area contributed by atoms with E-state index in [1.54, 1.807) is 24.5 Å². The van der Waals surface area contributed by atoms with E-state index in [9.17, 15) is 4.79 Å². The minimum atomic E-state index is -0.0358. The predicted octanol–water partition coefficient (Wildman–Crippen LogP) is 1.65. The minimum Gasteiger partial charge on any atom is -0.382 e. The third kappa shape index (κ3) is 3.23. The van der Waals surface area contributed by atoms with Crippen molar-refractivity contribution in [3.8, 4) is 0 Å². The SMILES string of the molecule is Nc1nccnc1/C=C1\CCC/C(=C\c2nccnc2N)C1=O. The number of nitrogens with two attached hydrogens (primary N) is 2. The third-order valence-corrected chi connectivity index (χ3v) is 3.61. The Morgan fingerprint density at radius 1 is 0.783 bits per heavy atom. The van der Waals surface area contributed by atoms with Gasteiger partial charge >= 0.3 is 0 Å². The Morgan fingerprint density at radius 2 is 1.22 bits per heavy atom. The first kappa shape index (κ1) is 14.8. The zero-order valence-electron chi connectivity index (χ0n) is 12.4. The standard InChI is InChI=1S/C16H16N6O/c17-15-12(19-4-6-21-15)8-10-2-1-3-11(14(10)23)9-13-16(18)22-7-5-20-13/h4-9H,1-3H2,(H2,17,21)(H2,18,22)/b10-8+,11-9+. The number of allylic oxidation sites excluding steroid dienone is 2. The zero-order valence-corrected chi connectivity index (χ0v) is 12.4. The second kappa shape index (κ2) is 6.35. The molecular weight excluding hydrogens is 292 g/mol. The van der Waals surface area contributed by atoms with E-state index in [-0.39, 0.29) is 5.78 Å². The Hall–Kier alpha value is -3.09. The average Bonchev–Trinajstić information content (AvgIpc) is 2.55. The van der Waals surface area contributed by atoms with Crippen LogP contribution in [-0.4, -0.2) is 25.7 Å². The van der Waals surface area contributed by atoms with Crippen molar-refractivity contribution in [2.75, 3.05) is 11.5 Å². The average molecular weight is 308 g/mol. The number of nitrogens with zero attached hydrogens (tertiary/aromatic N) is 4. The van der Waals surface area contributed by atoms with Gasteiger partial charge in [0.2, 0.25) is 0 Å². The molecule has 1 aliphatic carbocycles. The molecule has 0 bridgehead atoms. The Labute approximate surface area is 133 Å². The van der Waals surface area contributed by atoms with Gasteiger partial charge in [-0.2, -0.15) is 0 Å². The van der Waals surface area contributed by atoms with E-state index in [1.807, 2.05) is 0 Å². The molecule has 7 heteroatoms. The van der Waals surface area contributed by atoms with Gasteiger partial charge in [-0.05, 0) is 31.4 Å². The van der Waals surface area contributed by atoms with Crippen molar-refractivity contribution >= 4 is 29.6 Å². The lowest BCUT2D eigenvalue weighted by Crippen LogP contribution is -2.13. The van der Waals surface area contributed by atoms with Crippen LogP contribution in [0.2, 0.25) is 0 Å². The number of Topliss-reactive ketones (excluding diaryl/α,β-unsaturated/α-hetero) is 1. The Balaban J connectivity index is 1.93. The molecule has 0 amide bonds. The van der Waals surface area contributed by atoms with Crippen molar-refractivity contribution in [3.05, 3.63) is 47.3 Å². The summed E-state index contributed by atoms with van der Waals surface area (Å²) in [5, 5.41) is 0. The molecule has 0 radical (unpaired) electrons. The quantitative estimate of drug-likeness (QED) is 0.809. The fraction of sp³-hybridized carbons (Fsp3) is 0.188. The Bertz CT molecular complexity index is 746. The van der Waals surface area contributed by atoms with Crippen LogP contribution in [0.5, 0.6) is 0 Å². The maximum absolute atomic E-state index is 12.6. The summed E-state index contributed by atoms with van der Waals surface area (Å²) in [6.45, 7) is 0. The first-order chi connectivity index (χ1) is 11.1. The van der Waals surface area contributed by atoms with Crippen LogP contribution in [-0.2, 0) is 4.79 Å². The lowest BCUT2D eigenvalue weighted by Gasteiger charge is -2.16. The van der Waals surface area contributed by atoms with Gasteiger partial charge in [0.15, 0.2) is 5.78 Å². The molecule has 0 unspecified atom stereocenters. The van der Waals surface area contributed by atoms with E-state index in [4.69, 9.17) is 11.5 Å². The number of hydrogen-bond acceptors (Lipinski definition) is 7. The molecular formula is C16H16N6O. The van der Waals surface area contributed by atoms with Crippen LogP contribution in [0, 0.1) is 0 Å². The highest BCUT2D eigenvalue weighted by molar-refractivity contribution is 6.14. The topological polar surface area (TPSA) is 121 Å². The number of carbonyl (C=O) groups is 1. The van der Waals surface area contributed by atoms with Crippen LogP contribution in [0.3, 0.4) is 0 Å². The van der Waals surface area contributed by atoms with Crippen LogP contribution in [0.4, 0.5) is 11.6 Å². The number of ketones is 1. The molecule has 1 fully saturated rings. The summed E-state index contributed by atoms with van der Waals surface area (Å²) in [6.07, 6.45) is 11.8. The van der Waals surface area contributed by atoms with Crippen LogP contribution in [0.1, 0.15) is 30.7 Å². The maximum atomic E-state index is 12.6. The van der Waals surface area contributed by atoms with Crippen LogP contribution < -0.4 is 11.5 Å². The van der Waals surface area contributed by atoms with Gasteiger partial charge in [-0.3, -0.25) is 14.8 Å². The second-order valence-electron chi connectivity index (χ2n) is 5.18. The number of aromatic nitrogens is 4. The van der Waals surface area contributed by atoms with E-state index >= 15 is 0 Å². The van der Waals surface area contributed by atoms with Gasteiger partial charge in [0.05, 0.1) is 0 Å². The van der Waals surface area contributed by atoms with Crippen LogP contribution in [0.25, 0.3) is 12.2 Å². The number of carbonyl (C=O) groups excluding carboxylic acids is 1. The lowest BCUT2D eigenvalue weighted by molar-refractivity contribution is -0.112. The maximum Gasteiger partial charge on any atom is 0.185 e. The van der Waals surface area contributed by atoms with Crippen molar-refractivity contribution in [1.82, 2.24) is 19.9 Å². The van der Waals surface area contributed by atoms with Gasteiger partial charge in [-0.1, -0.05) is 0 Å². The highest BCUT2D eigenvalue weighted by Gasteiger charge is 2.21. The van der Waals surface area contributed by atoms with Gasteiger partial charge in [-0.15, -0.1) is 0 Å². The van der Waals surface area contributed by atoms with Crippen molar-refractivity contribution in [2.24, 2.45) is 0 Å². The molecule has 1 aliphatic rings. The molecule has 0 spiro atoms. The molecule has 2 aromatic heterocycles.